The van der Waals surface area contributed by atoms with E-state index in [9.17, 15) is 0 Å². The lowest BCUT2D eigenvalue weighted by atomic mass is 9.88. The van der Waals surface area contributed by atoms with Gasteiger partial charge >= 0.3 is 0 Å². The molecule has 1 heterocycles. The smallest absolute Gasteiger partial charge is 0.0671 e. The van der Waals surface area contributed by atoms with Crippen LogP contribution in [0.2, 0.25) is 0 Å². The van der Waals surface area contributed by atoms with Gasteiger partial charge in [0.15, 0.2) is 0 Å². The molecule has 0 amide bonds. The van der Waals surface area contributed by atoms with Crippen LogP contribution in [0.4, 0.5) is 0 Å². The number of nitrogens with two attached hydrogens (primary N) is 1. The van der Waals surface area contributed by atoms with E-state index < -0.39 is 0 Å². The highest BCUT2D eigenvalue weighted by Crippen LogP contribution is 2.36. The molecule has 1 aliphatic heterocycles. The summed E-state index contributed by atoms with van der Waals surface area (Å²) in [6.07, 6.45) is 1.02. The number of rotatable bonds is 3. The van der Waals surface area contributed by atoms with E-state index in [1.807, 2.05) is 0 Å². The molecular formula is C11H24N2O. The largest absolute Gasteiger partial charge is 0.374 e. The summed E-state index contributed by atoms with van der Waals surface area (Å²) >= 11 is 0. The molecule has 1 aliphatic rings. The minimum atomic E-state index is -0.0253. The Kier molecular flexibility index (Phi) is 3.24. The Bertz CT molecular complexity index is 203. The number of nitrogens with zero attached hydrogens (tertiary/aromatic N) is 1. The maximum absolute atomic E-state index is 5.91. The average molecular weight is 200 g/mol. The summed E-state index contributed by atoms with van der Waals surface area (Å²) in [4.78, 5) is 2.35. The van der Waals surface area contributed by atoms with Gasteiger partial charge in [0.1, 0.15) is 0 Å². The van der Waals surface area contributed by atoms with Gasteiger partial charge < -0.3 is 10.5 Å². The second kappa shape index (κ2) is 3.80. The number of ether oxygens (including phenoxy) is 1. The lowest BCUT2D eigenvalue weighted by Gasteiger charge is -2.40. The summed E-state index contributed by atoms with van der Waals surface area (Å²) < 4.78 is 5.80. The molecule has 0 aromatic rings. The van der Waals surface area contributed by atoms with Crippen LogP contribution in [0.25, 0.3) is 0 Å². The fourth-order valence-electron chi connectivity index (χ4n) is 2.27. The van der Waals surface area contributed by atoms with Crippen LogP contribution in [-0.2, 0) is 4.74 Å². The predicted octanol–water partition coefficient (Wildman–Crippen LogP) is 1.22. The first-order valence-electron chi connectivity index (χ1n) is 5.40. The van der Waals surface area contributed by atoms with Gasteiger partial charge in [-0.3, -0.25) is 4.90 Å². The zero-order valence-corrected chi connectivity index (χ0v) is 10.1. The van der Waals surface area contributed by atoms with Crippen LogP contribution in [0.1, 0.15) is 34.1 Å². The van der Waals surface area contributed by atoms with Crippen molar-refractivity contribution in [2.75, 3.05) is 20.2 Å². The van der Waals surface area contributed by atoms with Crippen LogP contribution >= 0.6 is 0 Å². The van der Waals surface area contributed by atoms with E-state index in [0.717, 1.165) is 13.0 Å². The highest BCUT2D eigenvalue weighted by molar-refractivity contribution is 5.01. The molecule has 0 aromatic heterocycles. The Morgan fingerprint density at radius 2 is 2.00 bits per heavy atom. The van der Waals surface area contributed by atoms with Gasteiger partial charge in [0, 0.05) is 12.6 Å². The van der Waals surface area contributed by atoms with Gasteiger partial charge in [-0.2, -0.15) is 0 Å². The zero-order valence-electron chi connectivity index (χ0n) is 10.1. The van der Waals surface area contributed by atoms with E-state index in [1.54, 1.807) is 0 Å². The first-order valence-corrected chi connectivity index (χ1v) is 5.40. The summed E-state index contributed by atoms with van der Waals surface area (Å²) in [6, 6.07) is 0.510. The second-order valence-electron chi connectivity index (χ2n) is 5.36. The van der Waals surface area contributed by atoms with Gasteiger partial charge in [-0.25, -0.2) is 0 Å². The molecule has 1 atom stereocenters. The number of hydrogen-bond donors (Lipinski definition) is 1. The Balaban J connectivity index is 2.79. The first-order chi connectivity index (χ1) is 6.33. The van der Waals surface area contributed by atoms with Crippen molar-refractivity contribution in [1.82, 2.24) is 4.90 Å². The third-order valence-corrected chi connectivity index (χ3v) is 3.39. The molecule has 3 nitrogen and oxygen atoms in total. The van der Waals surface area contributed by atoms with Gasteiger partial charge in [-0.15, -0.1) is 0 Å². The Morgan fingerprint density at radius 1 is 1.43 bits per heavy atom. The van der Waals surface area contributed by atoms with E-state index in [4.69, 9.17) is 10.5 Å². The molecule has 0 aromatic carbocycles. The van der Waals surface area contributed by atoms with Gasteiger partial charge in [-0.05, 0) is 41.2 Å². The molecule has 1 rings (SSSR count). The summed E-state index contributed by atoms with van der Waals surface area (Å²) in [5.74, 6) is 0. The number of likely N-dealkylation sites (N-methyl/N-ethyl adjacent to an activating group) is 1. The first kappa shape index (κ1) is 12.0. The fourth-order valence-corrected chi connectivity index (χ4v) is 2.27. The van der Waals surface area contributed by atoms with E-state index >= 15 is 0 Å². The molecule has 1 fully saturated rings. The molecular weight excluding hydrogens is 176 g/mol. The van der Waals surface area contributed by atoms with Crippen molar-refractivity contribution >= 4 is 0 Å². The lowest BCUT2D eigenvalue weighted by Crippen LogP contribution is -2.55. The van der Waals surface area contributed by atoms with Crippen molar-refractivity contribution in [2.24, 2.45) is 5.73 Å². The summed E-state index contributed by atoms with van der Waals surface area (Å²) in [5.41, 5.74) is 5.92. The summed E-state index contributed by atoms with van der Waals surface area (Å²) in [7, 11) is 2.14. The molecule has 0 spiro atoms. The van der Waals surface area contributed by atoms with Crippen molar-refractivity contribution in [3.8, 4) is 0 Å². The SMILES string of the molecule is CC(C)N(C)C1(CN)COC(C)(C)C1. The van der Waals surface area contributed by atoms with Crippen molar-refractivity contribution in [2.45, 2.75) is 51.3 Å². The molecule has 2 N–H and O–H groups in total. The molecule has 84 valence electrons. The van der Waals surface area contributed by atoms with E-state index in [-0.39, 0.29) is 11.1 Å². The quantitative estimate of drug-likeness (QED) is 0.744. The predicted molar refractivity (Wildman–Crippen MR) is 59.3 cm³/mol. The molecule has 1 unspecified atom stereocenters. The monoisotopic (exact) mass is 200 g/mol. The van der Waals surface area contributed by atoms with Crippen LogP contribution in [0.15, 0.2) is 0 Å². The third-order valence-electron chi connectivity index (χ3n) is 3.39. The van der Waals surface area contributed by atoms with Crippen LogP contribution < -0.4 is 5.73 Å². The van der Waals surface area contributed by atoms with E-state index in [1.165, 1.54) is 0 Å². The highest BCUT2D eigenvalue weighted by Gasteiger charge is 2.46. The summed E-state index contributed by atoms with van der Waals surface area (Å²) in [6.45, 7) is 10.1. The van der Waals surface area contributed by atoms with Crippen molar-refractivity contribution in [3.05, 3.63) is 0 Å². The second-order valence-corrected chi connectivity index (χ2v) is 5.36. The number of hydrogen-bond acceptors (Lipinski definition) is 3. The van der Waals surface area contributed by atoms with Crippen molar-refractivity contribution in [3.63, 3.8) is 0 Å². The molecule has 0 aliphatic carbocycles. The molecule has 3 heteroatoms. The van der Waals surface area contributed by atoms with Crippen LogP contribution in [0.5, 0.6) is 0 Å². The summed E-state index contributed by atoms with van der Waals surface area (Å²) in [5, 5.41) is 0. The Morgan fingerprint density at radius 3 is 2.29 bits per heavy atom. The van der Waals surface area contributed by atoms with Crippen molar-refractivity contribution < 1.29 is 4.74 Å². The van der Waals surface area contributed by atoms with Crippen LogP contribution in [0, 0.1) is 0 Å². The van der Waals surface area contributed by atoms with Crippen LogP contribution in [0.3, 0.4) is 0 Å². The molecule has 1 saturated heterocycles. The normalized spacial score (nSPS) is 31.7. The van der Waals surface area contributed by atoms with Gasteiger partial charge in [0.05, 0.1) is 17.7 Å². The highest BCUT2D eigenvalue weighted by atomic mass is 16.5. The van der Waals surface area contributed by atoms with E-state index in [0.29, 0.717) is 12.6 Å². The molecule has 14 heavy (non-hydrogen) atoms. The Hall–Kier alpha value is -0.120. The van der Waals surface area contributed by atoms with Gasteiger partial charge in [0.2, 0.25) is 0 Å². The zero-order chi connectivity index (χ0) is 11.0. The third kappa shape index (κ3) is 2.10. The fraction of sp³-hybridized carbons (Fsp3) is 1.00. The van der Waals surface area contributed by atoms with Crippen molar-refractivity contribution in [1.29, 1.82) is 0 Å². The molecule has 0 bridgehead atoms. The molecule has 0 saturated carbocycles. The van der Waals surface area contributed by atoms with E-state index in [2.05, 4.69) is 39.6 Å². The minimum absolute atomic E-state index is 0.0253. The van der Waals surface area contributed by atoms with Crippen LogP contribution in [-0.4, -0.2) is 42.3 Å². The van der Waals surface area contributed by atoms with Gasteiger partial charge in [0.25, 0.3) is 0 Å². The minimum Gasteiger partial charge on any atom is -0.374 e. The average Bonchev–Trinajstić information content (AvgIpc) is 2.41. The molecule has 0 radical (unpaired) electrons. The van der Waals surface area contributed by atoms with Gasteiger partial charge in [-0.1, -0.05) is 0 Å². The lowest BCUT2D eigenvalue weighted by molar-refractivity contribution is 0.0229. The maximum atomic E-state index is 5.91. The standard InChI is InChI=1S/C11H24N2O/c1-9(2)13(5)11(7-12)6-10(3,4)14-8-11/h9H,6-8,12H2,1-5H3. The Labute approximate surface area is 87.6 Å². The topological polar surface area (TPSA) is 38.5 Å². The maximum Gasteiger partial charge on any atom is 0.0671 e.